The quantitative estimate of drug-likeness (QED) is 0.167. The maximum absolute atomic E-state index is 5.19. The SMILES string of the molecule is CCC1Nc2ccccc2N1c1ccc(-c2ccc(-c3ccccc3-c3ccccc3C3=NC(c4ccccc4)NC(c4ccccc4)=N3)cc2)cc1. The molecule has 2 N–H and O–H groups in total. The van der Waals surface area contributed by atoms with Gasteiger partial charge in [0.05, 0.1) is 11.4 Å². The monoisotopic (exact) mass is 685 g/mol. The molecule has 7 aromatic carbocycles. The van der Waals surface area contributed by atoms with E-state index in [1.165, 1.54) is 28.2 Å². The fourth-order valence-electron chi connectivity index (χ4n) is 7.48. The molecule has 7 aromatic rings. The van der Waals surface area contributed by atoms with E-state index in [0.29, 0.717) is 5.84 Å². The van der Waals surface area contributed by atoms with Crippen LogP contribution in [-0.4, -0.2) is 17.8 Å². The van der Waals surface area contributed by atoms with E-state index in [1.54, 1.807) is 0 Å². The zero-order chi connectivity index (χ0) is 35.6. The van der Waals surface area contributed by atoms with E-state index in [-0.39, 0.29) is 12.3 Å². The molecule has 9 rings (SSSR count). The van der Waals surface area contributed by atoms with Crippen LogP contribution in [0.3, 0.4) is 0 Å². The number of nitrogens with one attached hydrogen (secondary N) is 2. The lowest BCUT2D eigenvalue weighted by molar-refractivity contribution is 0.674. The fourth-order valence-corrected chi connectivity index (χ4v) is 7.48. The Bertz CT molecular complexity index is 2430. The van der Waals surface area contributed by atoms with E-state index in [2.05, 4.69) is 180 Å². The van der Waals surface area contributed by atoms with Gasteiger partial charge in [-0.25, -0.2) is 9.98 Å². The summed E-state index contributed by atoms with van der Waals surface area (Å²) in [5, 5.41) is 7.25. The lowest BCUT2D eigenvalue weighted by Gasteiger charge is -2.26. The second-order valence-corrected chi connectivity index (χ2v) is 13.4. The normalized spacial score (nSPS) is 16.2. The number of anilines is 3. The Hall–Kier alpha value is -6.72. The summed E-state index contributed by atoms with van der Waals surface area (Å²) in [5.41, 5.74) is 13.6. The molecule has 0 aromatic heterocycles. The predicted molar refractivity (Wildman–Crippen MR) is 221 cm³/mol. The van der Waals surface area contributed by atoms with Crippen molar-refractivity contribution in [3.05, 3.63) is 199 Å². The summed E-state index contributed by atoms with van der Waals surface area (Å²) in [6.07, 6.45) is 0.984. The van der Waals surface area contributed by atoms with Gasteiger partial charge < -0.3 is 15.5 Å². The molecule has 0 aliphatic carbocycles. The smallest absolute Gasteiger partial charge is 0.160 e. The van der Waals surface area contributed by atoms with Crippen LogP contribution >= 0.6 is 0 Å². The molecule has 2 aliphatic rings. The van der Waals surface area contributed by atoms with E-state index >= 15 is 0 Å². The van der Waals surface area contributed by atoms with Gasteiger partial charge in [-0.1, -0.05) is 165 Å². The molecule has 0 radical (unpaired) electrons. The largest absolute Gasteiger partial charge is 0.363 e. The summed E-state index contributed by atoms with van der Waals surface area (Å²) in [7, 11) is 0. The van der Waals surface area contributed by atoms with Crippen LogP contribution < -0.4 is 15.5 Å². The van der Waals surface area contributed by atoms with Crippen molar-refractivity contribution in [2.45, 2.75) is 25.7 Å². The highest BCUT2D eigenvalue weighted by molar-refractivity contribution is 6.15. The van der Waals surface area contributed by atoms with Crippen LogP contribution in [-0.2, 0) is 0 Å². The van der Waals surface area contributed by atoms with E-state index in [4.69, 9.17) is 9.98 Å². The number of benzene rings is 7. The molecular formula is C48H39N5. The molecule has 0 spiro atoms. The highest BCUT2D eigenvalue weighted by Crippen LogP contribution is 2.41. The zero-order valence-corrected chi connectivity index (χ0v) is 29.5. The topological polar surface area (TPSA) is 52.0 Å². The average Bonchev–Trinajstić information content (AvgIpc) is 3.63. The minimum absolute atomic E-state index is 0.243. The van der Waals surface area contributed by atoms with Crippen molar-refractivity contribution in [1.29, 1.82) is 0 Å². The van der Waals surface area contributed by atoms with E-state index in [1.807, 2.05) is 24.3 Å². The number of nitrogens with zero attached hydrogens (tertiary/aromatic N) is 3. The molecule has 2 heterocycles. The fraction of sp³-hybridized carbons (Fsp3) is 0.0833. The van der Waals surface area contributed by atoms with Gasteiger partial charge in [-0.3, -0.25) is 0 Å². The summed E-state index contributed by atoms with van der Waals surface area (Å²) < 4.78 is 0. The molecule has 0 amide bonds. The Morgan fingerprint density at radius 3 is 1.74 bits per heavy atom. The minimum Gasteiger partial charge on any atom is -0.363 e. The molecule has 2 unspecified atom stereocenters. The molecule has 5 nitrogen and oxygen atoms in total. The Labute approximate surface area is 311 Å². The van der Waals surface area contributed by atoms with E-state index in [9.17, 15) is 0 Å². The van der Waals surface area contributed by atoms with Crippen LogP contribution in [0.5, 0.6) is 0 Å². The number of fused-ring (bicyclic) bond motifs is 1. The van der Waals surface area contributed by atoms with Crippen molar-refractivity contribution in [3.8, 4) is 33.4 Å². The van der Waals surface area contributed by atoms with Crippen LogP contribution in [0.15, 0.2) is 192 Å². The van der Waals surface area contributed by atoms with Crippen LogP contribution in [0.25, 0.3) is 33.4 Å². The average molecular weight is 686 g/mol. The van der Waals surface area contributed by atoms with Crippen LogP contribution in [0.2, 0.25) is 0 Å². The van der Waals surface area contributed by atoms with E-state index in [0.717, 1.165) is 51.2 Å². The third-order valence-corrected chi connectivity index (χ3v) is 10.1. The first-order valence-corrected chi connectivity index (χ1v) is 18.3. The molecule has 2 aliphatic heterocycles. The van der Waals surface area contributed by atoms with Crippen LogP contribution in [0.4, 0.5) is 17.1 Å². The summed E-state index contributed by atoms with van der Waals surface area (Å²) >= 11 is 0. The molecule has 0 bridgehead atoms. The molecular weight excluding hydrogens is 647 g/mol. The Balaban J connectivity index is 1.04. The van der Waals surface area contributed by atoms with Gasteiger partial charge >= 0.3 is 0 Å². The van der Waals surface area contributed by atoms with Gasteiger partial charge in [-0.2, -0.15) is 0 Å². The summed E-state index contributed by atoms with van der Waals surface area (Å²) in [6.45, 7) is 2.22. The van der Waals surface area contributed by atoms with Gasteiger partial charge in [-0.05, 0) is 69.6 Å². The third kappa shape index (κ3) is 6.27. The molecule has 256 valence electrons. The van der Waals surface area contributed by atoms with Gasteiger partial charge in [0.25, 0.3) is 0 Å². The highest BCUT2D eigenvalue weighted by atomic mass is 15.3. The molecule has 0 fully saturated rings. The lowest BCUT2D eigenvalue weighted by Crippen LogP contribution is -2.33. The number of aliphatic imine (C=N–C) groups is 2. The van der Waals surface area contributed by atoms with Gasteiger partial charge in [0.1, 0.15) is 18.2 Å². The number of amidine groups is 2. The summed E-state index contributed by atoms with van der Waals surface area (Å²) in [6, 6.07) is 64.2. The van der Waals surface area contributed by atoms with Crippen molar-refractivity contribution in [2.75, 3.05) is 10.2 Å². The third-order valence-electron chi connectivity index (χ3n) is 10.1. The van der Waals surface area contributed by atoms with Gasteiger partial charge in [0.15, 0.2) is 5.84 Å². The van der Waals surface area contributed by atoms with Gasteiger partial charge in [0.2, 0.25) is 0 Å². The van der Waals surface area contributed by atoms with Crippen molar-refractivity contribution >= 4 is 28.7 Å². The molecule has 2 atom stereocenters. The number of hydrogen-bond acceptors (Lipinski definition) is 5. The molecule has 53 heavy (non-hydrogen) atoms. The first-order valence-electron chi connectivity index (χ1n) is 18.3. The van der Waals surface area contributed by atoms with Gasteiger partial charge in [0, 0.05) is 16.8 Å². The summed E-state index contributed by atoms with van der Waals surface area (Å²) in [4.78, 5) is 12.7. The minimum atomic E-state index is -0.264. The molecule has 5 heteroatoms. The second-order valence-electron chi connectivity index (χ2n) is 13.4. The number of para-hydroxylation sites is 2. The maximum Gasteiger partial charge on any atom is 0.160 e. The standard InChI is InChI=1S/C48H39N5/c1-2-45-49-43-23-13-14-24-44(43)53(45)38-31-29-34(30-32-38)33-25-27-35(28-26-33)39-19-9-10-20-40(39)41-21-11-12-22-42(41)48-51-46(36-15-5-3-6-16-36)50-47(52-48)37-17-7-4-8-18-37/h3-32,45-46,49H,2H2,1H3,(H,50,51,52). The van der Waals surface area contributed by atoms with Crippen molar-refractivity contribution in [3.63, 3.8) is 0 Å². The second kappa shape index (κ2) is 14.1. The maximum atomic E-state index is 5.19. The first kappa shape index (κ1) is 32.2. The Morgan fingerprint density at radius 2 is 1.04 bits per heavy atom. The van der Waals surface area contributed by atoms with Crippen LogP contribution in [0.1, 0.15) is 36.2 Å². The van der Waals surface area contributed by atoms with Crippen molar-refractivity contribution in [2.24, 2.45) is 9.98 Å². The Kier molecular flexibility index (Phi) is 8.58. The highest BCUT2D eigenvalue weighted by Gasteiger charge is 2.28. The lowest BCUT2D eigenvalue weighted by atomic mass is 9.90. The van der Waals surface area contributed by atoms with Crippen LogP contribution in [0, 0.1) is 0 Å². The zero-order valence-electron chi connectivity index (χ0n) is 29.5. The molecule has 0 saturated heterocycles. The number of hydrogen-bond donors (Lipinski definition) is 2. The van der Waals surface area contributed by atoms with E-state index < -0.39 is 0 Å². The number of rotatable bonds is 8. The van der Waals surface area contributed by atoms with Crippen molar-refractivity contribution < 1.29 is 0 Å². The van der Waals surface area contributed by atoms with Gasteiger partial charge in [-0.15, -0.1) is 0 Å². The first-order chi connectivity index (χ1) is 26.2. The summed E-state index contributed by atoms with van der Waals surface area (Å²) in [5.74, 6) is 1.52. The van der Waals surface area contributed by atoms with Crippen molar-refractivity contribution in [1.82, 2.24) is 5.32 Å². The predicted octanol–water partition coefficient (Wildman–Crippen LogP) is 11.5. The molecule has 0 saturated carbocycles. The Morgan fingerprint density at radius 1 is 0.491 bits per heavy atom.